The second kappa shape index (κ2) is 10.7. The van der Waals surface area contributed by atoms with Crippen LogP contribution in [0.3, 0.4) is 0 Å². The molecule has 4 N–H and O–H groups in total. The molecule has 2 aromatic carbocycles. The zero-order chi connectivity index (χ0) is 22.2. The molecule has 0 aliphatic carbocycles. The molecule has 0 aromatic heterocycles. The normalized spacial score (nSPS) is 16.0. The van der Waals surface area contributed by atoms with Gasteiger partial charge in [-0.3, -0.25) is 9.59 Å². The van der Waals surface area contributed by atoms with Gasteiger partial charge >= 0.3 is 27.1 Å². The van der Waals surface area contributed by atoms with Crippen LogP contribution in [0.2, 0.25) is 0 Å². The Morgan fingerprint density at radius 1 is 0.833 bits per heavy atom. The molecule has 11 heteroatoms. The Labute approximate surface area is 173 Å². The largest absolute Gasteiger partial charge is 0.391 e. The Morgan fingerprint density at radius 2 is 1.27 bits per heavy atom. The predicted molar refractivity (Wildman–Crippen MR) is 109 cm³/mol. The lowest BCUT2D eigenvalue weighted by Gasteiger charge is -2.16. The molecule has 0 heterocycles. The van der Waals surface area contributed by atoms with Crippen molar-refractivity contribution in [3.8, 4) is 0 Å². The molecule has 0 amide bonds. The first kappa shape index (κ1) is 24.0. The lowest BCUT2D eigenvalue weighted by molar-refractivity contribution is -0.137. The number of hydrogen-bond acceptors (Lipinski definition) is 7. The number of carbonyl (C=O) groups excluding carboxylic acids is 2. The van der Waals surface area contributed by atoms with E-state index in [2.05, 4.69) is 9.05 Å². The van der Waals surface area contributed by atoms with E-state index in [1.54, 1.807) is 60.7 Å². The van der Waals surface area contributed by atoms with Gasteiger partial charge in [-0.2, -0.15) is 0 Å². The molecule has 2 unspecified atom stereocenters. The zero-order valence-electron chi connectivity index (χ0n) is 16.0. The Bertz CT molecular complexity index is 952. The summed E-state index contributed by atoms with van der Waals surface area (Å²) in [7, 11) is -8.49. The lowest BCUT2D eigenvalue weighted by Crippen LogP contribution is -2.32. The summed E-state index contributed by atoms with van der Waals surface area (Å²) in [6.45, 7) is 0. The molecule has 30 heavy (non-hydrogen) atoms. The van der Waals surface area contributed by atoms with Gasteiger partial charge in [0.05, 0.1) is 12.3 Å². The van der Waals surface area contributed by atoms with Crippen LogP contribution in [0.15, 0.2) is 60.7 Å². The number of nitrogens with two attached hydrogens (primary N) is 1. The number of carbonyl (C=O) groups is 2. The highest BCUT2D eigenvalue weighted by Crippen LogP contribution is 2.47. The lowest BCUT2D eigenvalue weighted by atomic mass is 10.2. The molecule has 0 fully saturated rings. The highest BCUT2D eigenvalue weighted by atomic mass is 31.2. The molecule has 0 saturated carbocycles. The highest BCUT2D eigenvalue weighted by Gasteiger charge is 2.29. The van der Waals surface area contributed by atoms with E-state index in [-0.39, 0.29) is 18.7 Å². The number of rotatable bonds is 10. The fourth-order valence-corrected chi connectivity index (χ4v) is 4.80. The third-order valence-corrected chi connectivity index (χ3v) is 6.37. The van der Waals surface area contributed by atoms with Crippen molar-refractivity contribution < 1.29 is 37.6 Å². The molecule has 0 saturated heterocycles. The van der Waals surface area contributed by atoms with Crippen LogP contribution in [-0.4, -0.2) is 27.8 Å². The minimum atomic E-state index is -4.27. The minimum absolute atomic E-state index is 0.283. The molecule has 0 radical (unpaired) electrons. The van der Waals surface area contributed by atoms with Crippen molar-refractivity contribution in [2.45, 2.75) is 31.2 Å². The van der Waals surface area contributed by atoms with Crippen LogP contribution in [0.1, 0.15) is 24.0 Å². The zero-order valence-corrected chi connectivity index (χ0v) is 17.8. The average molecular weight is 455 g/mol. The molecule has 2 aromatic rings. The van der Waals surface area contributed by atoms with Crippen molar-refractivity contribution in [1.82, 2.24) is 0 Å². The van der Waals surface area contributed by atoms with Crippen LogP contribution in [0.4, 0.5) is 0 Å². The van der Waals surface area contributed by atoms with Crippen LogP contribution >= 0.6 is 15.2 Å². The second-order valence-electron chi connectivity index (χ2n) is 6.58. The van der Waals surface area contributed by atoms with E-state index in [9.17, 15) is 28.5 Å². The summed E-state index contributed by atoms with van der Waals surface area (Å²) in [5.74, 6) is -2.17. The summed E-state index contributed by atoms with van der Waals surface area (Å²) in [6.07, 6.45) is -1.44. The van der Waals surface area contributed by atoms with E-state index in [1.165, 1.54) is 0 Å². The van der Waals surface area contributed by atoms with Gasteiger partial charge in [0.25, 0.3) is 0 Å². The van der Waals surface area contributed by atoms with Crippen molar-refractivity contribution in [3.63, 3.8) is 0 Å². The molecular weight excluding hydrogens is 432 g/mol. The van der Waals surface area contributed by atoms with Crippen molar-refractivity contribution in [2.75, 3.05) is 0 Å². The van der Waals surface area contributed by atoms with Crippen molar-refractivity contribution in [1.29, 1.82) is 0 Å². The SMILES string of the molecule is N[C@@H](CCC(=O)OP(=O)(O)Cc1ccccc1)C(=O)OP(=O)(O)Cc1ccccc1. The molecule has 3 atom stereocenters. The molecule has 2 rings (SSSR count). The van der Waals surface area contributed by atoms with Crippen molar-refractivity contribution in [3.05, 3.63) is 71.8 Å². The van der Waals surface area contributed by atoms with Gasteiger partial charge in [0.1, 0.15) is 6.04 Å². The van der Waals surface area contributed by atoms with Crippen LogP contribution in [-0.2, 0) is 40.1 Å². The van der Waals surface area contributed by atoms with E-state index in [0.29, 0.717) is 11.1 Å². The summed E-state index contributed by atoms with van der Waals surface area (Å²) in [4.78, 5) is 43.5. The number of benzene rings is 2. The molecule has 0 bridgehead atoms. The first-order valence-electron chi connectivity index (χ1n) is 8.99. The second-order valence-corrected chi connectivity index (χ2v) is 10.1. The van der Waals surface area contributed by atoms with E-state index in [0.717, 1.165) is 0 Å². The van der Waals surface area contributed by atoms with Gasteiger partial charge in [-0.15, -0.1) is 0 Å². The molecule has 0 aliphatic heterocycles. The van der Waals surface area contributed by atoms with Gasteiger partial charge in [-0.25, -0.2) is 9.13 Å². The summed E-state index contributed by atoms with van der Waals surface area (Å²) >= 11 is 0. The van der Waals surface area contributed by atoms with E-state index in [4.69, 9.17) is 5.73 Å². The van der Waals surface area contributed by atoms with Gasteiger partial charge in [-0.05, 0) is 17.5 Å². The highest BCUT2D eigenvalue weighted by molar-refractivity contribution is 7.52. The summed E-state index contributed by atoms with van der Waals surface area (Å²) in [5.41, 5.74) is 6.63. The van der Waals surface area contributed by atoms with Crippen LogP contribution in [0.25, 0.3) is 0 Å². The summed E-state index contributed by atoms with van der Waals surface area (Å²) < 4.78 is 33.4. The Kier molecular flexibility index (Phi) is 8.53. The van der Waals surface area contributed by atoms with Crippen LogP contribution in [0, 0.1) is 0 Å². The maximum Gasteiger partial charge on any atom is 0.383 e. The average Bonchev–Trinajstić information content (AvgIpc) is 2.66. The summed E-state index contributed by atoms with van der Waals surface area (Å²) in [5, 5.41) is 0. The van der Waals surface area contributed by atoms with Gasteiger partial charge in [-0.1, -0.05) is 60.7 Å². The van der Waals surface area contributed by atoms with Gasteiger partial charge in [0.15, 0.2) is 0 Å². The molecular formula is C19H23NO8P2. The first-order chi connectivity index (χ1) is 14.1. The van der Waals surface area contributed by atoms with Crippen LogP contribution in [0.5, 0.6) is 0 Å². The maximum absolute atomic E-state index is 12.1. The Hall–Kier alpha value is -2.28. The molecule has 162 valence electrons. The number of hydrogen-bond donors (Lipinski definition) is 3. The third-order valence-electron chi connectivity index (χ3n) is 3.89. The fourth-order valence-electron chi connectivity index (χ4n) is 2.50. The topological polar surface area (TPSA) is 153 Å². The van der Waals surface area contributed by atoms with Crippen LogP contribution < -0.4 is 5.73 Å². The van der Waals surface area contributed by atoms with Gasteiger partial charge in [0.2, 0.25) is 0 Å². The third kappa shape index (κ3) is 8.61. The van der Waals surface area contributed by atoms with Gasteiger partial charge < -0.3 is 24.6 Å². The van der Waals surface area contributed by atoms with E-state index in [1.807, 2.05) is 0 Å². The fraction of sp³-hybridized carbons (Fsp3) is 0.263. The summed E-state index contributed by atoms with van der Waals surface area (Å²) in [6, 6.07) is 15.3. The molecule has 0 spiro atoms. The Balaban J connectivity index is 1.80. The predicted octanol–water partition coefficient (Wildman–Crippen LogP) is 2.95. The maximum atomic E-state index is 12.1. The minimum Gasteiger partial charge on any atom is -0.391 e. The monoisotopic (exact) mass is 455 g/mol. The smallest absolute Gasteiger partial charge is 0.383 e. The molecule has 9 nitrogen and oxygen atoms in total. The van der Waals surface area contributed by atoms with Crippen molar-refractivity contribution >= 4 is 27.1 Å². The van der Waals surface area contributed by atoms with E-state index < -0.39 is 39.6 Å². The molecule has 0 aliphatic rings. The van der Waals surface area contributed by atoms with Gasteiger partial charge in [0, 0.05) is 6.42 Å². The quantitative estimate of drug-likeness (QED) is 0.459. The Morgan fingerprint density at radius 3 is 1.73 bits per heavy atom. The standard InChI is InChI=1S/C19H23NO8P2/c20-17(19(22)28-30(25,26)14-16-9-5-2-6-10-16)11-12-18(21)27-29(23,24)13-15-7-3-1-4-8-15/h1-10,17H,11-14,20H2,(H,23,24)(H,25,26)/t17-/m0/s1. The van der Waals surface area contributed by atoms with Crippen molar-refractivity contribution in [2.24, 2.45) is 5.73 Å². The first-order valence-corrected chi connectivity index (χ1v) is 12.5. The van der Waals surface area contributed by atoms with E-state index >= 15 is 0 Å².